The molecule has 94 valence electrons. The summed E-state index contributed by atoms with van der Waals surface area (Å²) in [5, 5.41) is -1.15. The molecule has 0 unspecified atom stereocenters. The summed E-state index contributed by atoms with van der Waals surface area (Å²) in [5.74, 6) is -1.06. The maximum Gasteiger partial charge on any atom is 0.573 e. The molecule has 1 aromatic rings. The van der Waals surface area contributed by atoms with Gasteiger partial charge in [-0.15, -0.1) is 13.2 Å². The molecular weight excluding hydrogens is 377 g/mol. The Balaban J connectivity index is 3.35. The summed E-state index contributed by atoms with van der Waals surface area (Å²) in [5.41, 5.74) is -0.563. The zero-order valence-corrected chi connectivity index (χ0v) is 11.1. The Morgan fingerprint density at radius 3 is 2.53 bits per heavy atom. The van der Waals surface area contributed by atoms with Crippen molar-refractivity contribution in [3.8, 4) is 11.6 Å². The highest BCUT2D eigenvalue weighted by atomic mass is 127. The number of aromatic nitrogens is 1. The number of ether oxygens (including phenoxy) is 2. The van der Waals surface area contributed by atoms with Crippen LogP contribution in [0.15, 0.2) is 6.07 Å². The van der Waals surface area contributed by atoms with Crippen molar-refractivity contribution >= 4 is 39.4 Å². The molecule has 0 aromatic carbocycles. The lowest BCUT2D eigenvalue weighted by Gasteiger charge is -2.13. The van der Waals surface area contributed by atoms with Crippen LogP contribution in [0, 0.1) is 3.70 Å². The van der Waals surface area contributed by atoms with Crippen molar-refractivity contribution in [3.63, 3.8) is 0 Å². The molecule has 0 bridgehead atoms. The first-order chi connectivity index (χ1) is 7.74. The van der Waals surface area contributed by atoms with E-state index in [2.05, 4.69) is 14.5 Å². The second-order valence-electron chi connectivity index (χ2n) is 2.65. The Labute approximate surface area is 112 Å². The number of pyridine rings is 1. The second kappa shape index (κ2) is 5.25. The molecule has 0 radical (unpaired) electrons. The number of hydrogen-bond donors (Lipinski definition) is 0. The zero-order valence-electron chi connectivity index (χ0n) is 8.14. The average molecular weight is 381 g/mol. The molecule has 1 heterocycles. The van der Waals surface area contributed by atoms with Crippen LogP contribution in [0.2, 0.25) is 0 Å². The van der Waals surface area contributed by atoms with Crippen molar-refractivity contribution in [2.45, 2.75) is 6.36 Å². The number of carbonyl (C=O) groups excluding carboxylic acids is 1. The molecule has 0 aliphatic rings. The van der Waals surface area contributed by atoms with Crippen LogP contribution in [-0.2, 0) is 0 Å². The Morgan fingerprint density at radius 1 is 1.53 bits per heavy atom. The number of nitrogens with zero attached hydrogens (tertiary/aromatic N) is 1. The SMILES string of the molecule is COc1nc(I)cc(OC(F)(F)F)c1C(=O)Cl. The molecule has 1 aromatic heterocycles. The molecular formula is C8H4ClF3INO3. The fourth-order valence-corrected chi connectivity index (χ4v) is 1.68. The summed E-state index contributed by atoms with van der Waals surface area (Å²) in [4.78, 5) is 14.8. The molecule has 1 rings (SSSR count). The van der Waals surface area contributed by atoms with Crippen LogP contribution in [0.25, 0.3) is 0 Å². The molecule has 0 atom stereocenters. The predicted molar refractivity (Wildman–Crippen MR) is 60.4 cm³/mol. The van der Waals surface area contributed by atoms with E-state index < -0.39 is 22.9 Å². The lowest BCUT2D eigenvalue weighted by molar-refractivity contribution is -0.274. The molecule has 0 aliphatic carbocycles. The predicted octanol–water partition coefficient (Wildman–Crippen LogP) is 2.97. The van der Waals surface area contributed by atoms with Crippen LogP contribution in [0.5, 0.6) is 11.6 Å². The first kappa shape index (κ1) is 14.3. The van der Waals surface area contributed by atoms with Crippen LogP contribution < -0.4 is 9.47 Å². The molecule has 0 N–H and O–H groups in total. The van der Waals surface area contributed by atoms with Crippen LogP contribution >= 0.6 is 34.2 Å². The third-order valence-electron chi connectivity index (χ3n) is 1.53. The second-order valence-corrected chi connectivity index (χ2v) is 4.10. The minimum absolute atomic E-state index is 0.167. The topological polar surface area (TPSA) is 48.4 Å². The Kier molecular flexibility index (Phi) is 4.42. The number of carbonyl (C=O) groups is 1. The van der Waals surface area contributed by atoms with E-state index in [1.807, 2.05) is 0 Å². The average Bonchev–Trinajstić information content (AvgIpc) is 2.12. The summed E-state index contributed by atoms with van der Waals surface area (Å²) < 4.78 is 44.9. The van der Waals surface area contributed by atoms with Gasteiger partial charge in [-0.1, -0.05) is 0 Å². The largest absolute Gasteiger partial charge is 0.573 e. The van der Waals surface area contributed by atoms with Crippen molar-refractivity contribution in [2.75, 3.05) is 7.11 Å². The van der Waals surface area contributed by atoms with Crippen LogP contribution in [0.4, 0.5) is 13.2 Å². The summed E-state index contributed by atoms with van der Waals surface area (Å²) >= 11 is 6.82. The van der Waals surface area contributed by atoms with Gasteiger partial charge in [0.2, 0.25) is 5.88 Å². The Hall–Kier alpha value is -0.770. The van der Waals surface area contributed by atoms with Gasteiger partial charge in [0, 0.05) is 6.07 Å². The van der Waals surface area contributed by atoms with Crippen molar-refractivity contribution in [2.24, 2.45) is 0 Å². The van der Waals surface area contributed by atoms with E-state index in [4.69, 9.17) is 11.6 Å². The normalized spacial score (nSPS) is 11.2. The van der Waals surface area contributed by atoms with Gasteiger partial charge in [-0.05, 0) is 34.2 Å². The molecule has 9 heteroatoms. The molecule has 0 aliphatic heterocycles. The van der Waals surface area contributed by atoms with E-state index in [1.165, 1.54) is 0 Å². The number of halogens is 5. The van der Waals surface area contributed by atoms with Gasteiger partial charge in [0.1, 0.15) is 15.0 Å². The monoisotopic (exact) mass is 381 g/mol. The van der Waals surface area contributed by atoms with E-state index in [0.29, 0.717) is 0 Å². The maximum absolute atomic E-state index is 12.1. The smallest absolute Gasteiger partial charge is 0.480 e. The van der Waals surface area contributed by atoms with Crippen LogP contribution in [0.1, 0.15) is 10.4 Å². The number of methoxy groups -OCH3 is 1. The zero-order chi connectivity index (χ0) is 13.2. The Bertz CT molecular complexity index is 452. The van der Waals surface area contributed by atoms with Crippen molar-refractivity contribution in [1.29, 1.82) is 0 Å². The number of hydrogen-bond acceptors (Lipinski definition) is 4. The van der Waals surface area contributed by atoms with Crippen LogP contribution in [0.3, 0.4) is 0 Å². The quantitative estimate of drug-likeness (QED) is 0.459. The highest BCUT2D eigenvalue weighted by Crippen LogP contribution is 2.33. The van der Waals surface area contributed by atoms with Crippen molar-refractivity contribution in [1.82, 2.24) is 4.98 Å². The van der Waals surface area contributed by atoms with E-state index in [0.717, 1.165) is 13.2 Å². The summed E-state index contributed by atoms with van der Waals surface area (Å²) in [6.45, 7) is 0. The molecule has 0 amide bonds. The lowest BCUT2D eigenvalue weighted by Crippen LogP contribution is -2.19. The van der Waals surface area contributed by atoms with E-state index >= 15 is 0 Å². The standard InChI is InChI=1S/C8H4ClF3INO3/c1-16-7-5(6(9)15)3(2-4(13)14-7)17-8(10,11)12/h2H,1H3. The van der Waals surface area contributed by atoms with Gasteiger partial charge in [0.25, 0.3) is 5.24 Å². The van der Waals surface area contributed by atoms with Gasteiger partial charge in [-0.25, -0.2) is 4.98 Å². The molecule has 4 nitrogen and oxygen atoms in total. The van der Waals surface area contributed by atoms with Gasteiger partial charge >= 0.3 is 6.36 Å². The van der Waals surface area contributed by atoms with Gasteiger partial charge in [0.15, 0.2) is 0 Å². The summed E-state index contributed by atoms with van der Waals surface area (Å²) in [6.07, 6.45) is -4.93. The summed E-state index contributed by atoms with van der Waals surface area (Å²) in [6, 6.07) is 0.937. The third-order valence-corrected chi connectivity index (χ3v) is 2.28. The van der Waals surface area contributed by atoms with Crippen LogP contribution in [-0.4, -0.2) is 23.7 Å². The minimum atomic E-state index is -4.93. The fraction of sp³-hybridized carbons (Fsp3) is 0.250. The van der Waals surface area contributed by atoms with E-state index in [1.54, 1.807) is 22.6 Å². The molecule has 0 spiro atoms. The van der Waals surface area contributed by atoms with E-state index in [9.17, 15) is 18.0 Å². The first-order valence-corrected chi connectivity index (χ1v) is 5.40. The summed E-state index contributed by atoms with van der Waals surface area (Å²) in [7, 11) is 1.15. The molecule has 0 saturated heterocycles. The molecule has 0 saturated carbocycles. The Morgan fingerprint density at radius 2 is 2.12 bits per heavy atom. The minimum Gasteiger partial charge on any atom is -0.480 e. The molecule has 0 fully saturated rings. The van der Waals surface area contributed by atoms with Crippen molar-refractivity contribution in [3.05, 3.63) is 15.3 Å². The van der Waals surface area contributed by atoms with Gasteiger partial charge in [0.05, 0.1) is 7.11 Å². The molecule has 17 heavy (non-hydrogen) atoms. The number of alkyl halides is 3. The highest BCUT2D eigenvalue weighted by molar-refractivity contribution is 14.1. The first-order valence-electron chi connectivity index (χ1n) is 3.94. The van der Waals surface area contributed by atoms with Gasteiger partial charge in [-0.3, -0.25) is 4.79 Å². The van der Waals surface area contributed by atoms with Crippen molar-refractivity contribution < 1.29 is 27.4 Å². The van der Waals surface area contributed by atoms with Gasteiger partial charge < -0.3 is 9.47 Å². The highest BCUT2D eigenvalue weighted by Gasteiger charge is 2.34. The maximum atomic E-state index is 12.1. The third kappa shape index (κ3) is 3.87. The van der Waals surface area contributed by atoms with E-state index in [-0.39, 0.29) is 9.58 Å². The fourth-order valence-electron chi connectivity index (χ4n) is 1.00. The van der Waals surface area contributed by atoms with Gasteiger partial charge in [-0.2, -0.15) is 0 Å². The lowest BCUT2D eigenvalue weighted by atomic mass is 10.2. The number of rotatable bonds is 3.